The maximum Gasteiger partial charge on any atom is 0.119 e. The fourth-order valence-corrected chi connectivity index (χ4v) is 1.75. The molecule has 2 aromatic rings. The maximum absolute atomic E-state index is 5.69. The first-order valence-electron chi connectivity index (χ1n) is 6.34. The molecule has 0 atom stereocenters. The van der Waals surface area contributed by atoms with Gasteiger partial charge in [0.2, 0.25) is 0 Å². The van der Waals surface area contributed by atoms with Gasteiger partial charge in [-0.25, -0.2) is 9.97 Å². The topological polar surface area (TPSA) is 35.0 Å². The number of hydrogen-bond donors (Lipinski definition) is 0. The molecule has 0 aliphatic rings. The first kappa shape index (κ1) is 12.6. The summed E-state index contributed by atoms with van der Waals surface area (Å²) in [5, 5.41) is 0. The smallest absolute Gasteiger partial charge is 0.119 e. The van der Waals surface area contributed by atoms with E-state index in [2.05, 4.69) is 29.0 Å². The molecule has 0 bridgehead atoms. The molecule has 0 amide bonds. The van der Waals surface area contributed by atoms with Crippen molar-refractivity contribution >= 4 is 0 Å². The molecule has 3 heteroatoms. The van der Waals surface area contributed by atoms with E-state index in [4.69, 9.17) is 4.74 Å². The summed E-state index contributed by atoms with van der Waals surface area (Å²) in [5.41, 5.74) is 2.49. The van der Waals surface area contributed by atoms with Crippen LogP contribution in [0.25, 0.3) is 0 Å². The molecule has 0 spiro atoms. The summed E-state index contributed by atoms with van der Waals surface area (Å²) in [7, 11) is 0. The lowest BCUT2D eigenvalue weighted by Gasteiger charge is -2.06. The molecule has 1 aromatic heterocycles. The zero-order chi connectivity index (χ0) is 12.6. The molecule has 0 aliphatic heterocycles. The van der Waals surface area contributed by atoms with Crippen LogP contribution in [0.2, 0.25) is 0 Å². The minimum Gasteiger partial charge on any atom is -0.494 e. The van der Waals surface area contributed by atoms with Gasteiger partial charge in [0.25, 0.3) is 0 Å². The molecule has 0 aliphatic carbocycles. The van der Waals surface area contributed by atoms with E-state index in [1.807, 2.05) is 24.5 Å². The van der Waals surface area contributed by atoms with Gasteiger partial charge in [0.1, 0.15) is 12.1 Å². The molecule has 0 unspecified atom stereocenters. The lowest BCUT2D eigenvalue weighted by atomic mass is 10.2. The van der Waals surface area contributed by atoms with Crippen LogP contribution in [0.1, 0.15) is 24.5 Å². The predicted octanol–water partition coefficient (Wildman–Crippen LogP) is 3.05. The second-order valence-corrected chi connectivity index (χ2v) is 4.20. The number of nitrogens with zero attached hydrogens (tertiary/aromatic N) is 2. The van der Waals surface area contributed by atoms with Gasteiger partial charge in [0.05, 0.1) is 6.61 Å². The van der Waals surface area contributed by atoms with E-state index in [1.165, 1.54) is 5.56 Å². The molecule has 94 valence electrons. The molecular formula is C15H18N2O. The zero-order valence-electron chi connectivity index (χ0n) is 10.7. The average Bonchev–Trinajstić information content (AvgIpc) is 2.45. The van der Waals surface area contributed by atoms with Crippen LogP contribution in [0.3, 0.4) is 0 Å². The summed E-state index contributed by atoms with van der Waals surface area (Å²) in [5.74, 6) is 0.941. The van der Waals surface area contributed by atoms with Crippen LogP contribution < -0.4 is 4.74 Å². The largest absolute Gasteiger partial charge is 0.494 e. The Balaban J connectivity index is 1.72. The Morgan fingerprint density at radius 2 is 1.72 bits per heavy atom. The number of hydrogen-bond acceptors (Lipinski definition) is 3. The Kier molecular flexibility index (Phi) is 4.70. The van der Waals surface area contributed by atoms with Crippen molar-refractivity contribution in [3.8, 4) is 5.75 Å². The summed E-state index contributed by atoms with van der Waals surface area (Å²) in [6.45, 7) is 2.87. The van der Waals surface area contributed by atoms with Crippen LogP contribution in [0, 0.1) is 0 Å². The molecule has 0 saturated carbocycles. The van der Waals surface area contributed by atoms with Crippen LogP contribution >= 0.6 is 0 Å². The predicted molar refractivity (Wildman–Crippen MR) is 71.7 cm³/mol. The van der Waals surface area contributed by atoms with E-state index in [9.17, 15) is 0 Å². The molecule has 0 radical (unpaired) electrons. The van der Waals surface area contributed by atoms with Crippen LogP contribution in [-0.4, -0.2) is 16.6 Å². The van der Waals surface area contributed by atoms with Crippen LogP contribution in [0.4, 0.5) is 0 Å². The highest BCUT2D eigenvalue weighted by Gasteiger charge is 1.96. The number of ether oxygens (including phenoxy) is 1. The average molecular weight is 242 g/mol. The van der Waals surface area contributed by atoms with Crippen molar-refractivity contribution < 1.29 is 4.74 Å². The number of aromatic nitrogens is 2. The monoisotopic (exact) mass is 242 g/mol. The highest BCUT2D eigenvalue weighted by atomic mass is 16.5. The normalized spacial score (nSPS) is 10.3. The molecule has 1 aromatic carbocycles. The van der Waals surface area contributed by atoms with Crippen LogP contribution in [0.5, 0.6) is 5.75 Å². The standard InChI is InChI=1S/C15H18N2O/c1-2-13-5-7-15(8-6-13)18-9-3-4-14-10-16-12-17-11-14/h5-8,10-12H,2-4,9H2,1H3. The van der Waals surface area contributed by atoms with Crippen molar-refractivity contribution in [2.45, 2.75) is 26.2 Å². The Hall–Kier alpha value is -1.90. The molecule has 2 rings (SSSR count). The van der Waals surface area contributed by atoms with E-state index in [0.29, 0.717) is 0 Å². The molecular weight excluding hydrogens is 224 g/mol. The fraction of sp³-hybridized carbons (Fsp3) is 0.333. The SMILES string of the molecule is CCc1ccc(OCCCc2cncnc2)cc1. The molecule has 0 N–H and O–H groups in total. The molecule has 0 saturated heterocycles. The van der Waals surface area contributed by atoms with Gasteiger partial charge in [0.15, 0.2) is 0 Å². The minimum atomic E-state index is 0.723. The van der Waals surface area contributed by atoms with E-state index in [-0.39, 0.29) is 0 Å². The Morgan fingerprint density at radius 3 is 2.39 bits per heavy atom. The summed E-state index contributed by atoms with van der Waals surface area (Å²) in [4.78, 5) is 7.98. The minimum absolute atomic E-state index is 0.723. The highest BCUT2D eigenvalue weighted by molar-refractivity contribution is 5.27. The van der Waals surface area contributed by atoms with E-state index in [0.717, 1.165) is 37.2 Å². The Morgan fingerprint density at radius 1 is 1.00 bits per heavy atom. The molecule has 1 heterocycles. The van der Waals surface area contributed by atoms with Gasteiger partial charge >= 0.3 is 0 Å². The van der Waals surface area contributed by atoms with Crippen molar-refractivity contribution in [1.29, 1.82) is 0 Å². The summed E-state index contributed by atoms with van der Waals surface area (Å²) < 4.78 is 5.69. The second kappa shape index (κ2) is 6.74. The molecule has 18 heavy (non-hydrogen) atoms. The van der Waals surface area contributed by atoms with Gasteiger partial charge in [-0.2, -0.15) is 0 Å². The van der Waals surface area contributed by atoms with Gasteiger partial charge in [-0.15, -0.1) is 0 Å². The number of rotatable bonds is 6. The summed E-state index contributed by atoms with van der Waals surface area (Å²) >= 11 is 0. The summed E-state index contributed by atoms with van der Waals surface area (Å²) in [6, 6.07) is 8.29. The third-order valence-electron chi connectivity index (χ3n) is 2.82. The van der Waals surface area contributed by atoms with Gasteiger partial charge in [0, 0.05) is 12.4 Å². The van der Waals surface area contributed by atoms with E-state index < -0.39 is 0 Å². The lowest BCUT2D eigenvalue weighted by Crippen LogP contribution is -2.00. The van der Waals surface area contributed by atoms with Crippen molar-refractivity contribution in [3.63, 3.8) is 0 Å². The first-order chi connectivity index (χ1) is 8.88. The third-order valence-corrected chi connectivity index (χ3v) is 2.82. The van der Waals surface area contributed by atoms with Crippen LogP contribution in [0.15, 0.2) is 43.0 Å². The summed E-state index contributed by atoms with van der Waals surface area (Å²) in [6.07, 6.45) is 8.24. The van der Waals surface area contributed by atoms with Gasteiger partial charge in [-0.05, 0) is 42.5 Å². The van der Waals surface area contributed by atoms with Crippen molar-refractivity contribution in [2.75, 3.05) is 6.61 Å². The van der Waals surface area contributed by atoms with E-state index in [1.54, 1.807) is 6.33 Å². The molecule has 0 fully saturated rings. The number of aryl methyl sites for hydroxylation is 2. The van der Waals surface area contributed by atoms with Gasteiger partial charge in [-0.1, -0.05) is 19.1 Å². The highest BCUT2D eigenvalue weighted by Crippen LogP contribution is 2.13. The quantitative estimate of drug-likeness (QED) is 0.730. The second-order valence-electron chi connectivity index (χ2n) is 4.20. The van der Waals surface area contributed by atoms with Crippen molar-refractivity contribution in [2.24, 2.45) is 0 Å². The fourth-order valence-electron chi connectivity index (χ4n) is 1.75. The van der Waals surface area contributed by atoms with Gasteiger partial charge in [-0.3, -0.25) is 0 Å². The van der Waals surface area contributed by atoms with Crippen molar-refractivity contribution in [1.82, 2.24) is 9.97 Å². The Labute approximate surface area is 108 Å². The zero-order valence-corrected chi connectivity index (χ0v) is 10.7. The first-order valence-corrected chi connectivity index (χ1v) is 6.34. The lowest BCUT2D eigenvalue weighted by molar-refractivity contribution is 0.311. The van der Waals surface area contributed by atoms with Gasteiger partial charge < -0.3 is 4.74 Å². The number of benzene rings is 1. The van der Waals surface area contributed by atoms with E-state index >= 15 is 0 Å². The third kappa shape index (κ3) is 3.84. The van der Waals surface area contributed by atoms with Crippen molar-refractivity contribution in [3.05, 3.63) is 54.1 Å². The molecule has 3 nitrogen and oxygen atoms in total. The maximum atomic E-state index is 5.69. The Bertz CT molecular complexity index is 454. The van der Waals surface area contributed by atoms with Crippen LogP contribution in [-0.2, 0) is 12.8 Å².